The van der Waals surface area contributed by atoms with E-state index in [0.29, 0.717) is 18.7 Å². The highest BCUT2D eigenvalue weighted by Gasteiger charge is 2.30. The summed E-state index contributed by atoms with van der Waals surface area (Å²) in [4.78, 5) is 14.1. The molecule has 0 radical (unpaired) electrons. The molecule has 2 rings (SSSR count). The van der Waals surface area contributed by atoms with E-state index in [4.69, 9.17) is 4.74 Å². The number of ether oxygens (including phenoxy) is 1. The van der Waals surface area contributed by atoms with Crippen molar-refractivity contribution in [1.82, 2.24) is 9.62 Å². The Balaban J connectivity index is 1.87. The average Bonchev–Trinajstić information content (AvgIpc) is 2.53. The number of hydrogen-bond donors (Lipinski definition) is 1. The molecular formula is C17H27N3O4S. The maximum Gasteiger partial charge on any atom is 0.251 e. The van der Waals surface area contributed by atoms with Crippen molar-refractivity contribution >= 4 is 21.6 Å². The fraction of sp³-hybridized carbons (Fsp3) is 0.588. The Morgan fingerprint density at radius 2 is 1.76 bits per heavy atom. The predicted molar refractivity (Wildman–Crippen MR) is 98.5 cm³/mol. The number of benzene rings is 1. The molecule has 2 unspecified atom stereocenters. The molecule has 7 nitrogen and oxygen atoms in total. The molecule has 8 heteroatoms. The molecule has 0 spiro atoms. The first-order valence-electron chi connectivity index (χ1n) is 8.38. The first-order valence-corrected chi connectivity index (χ1v) is 9.99. The van der Waals surface area contributed by atoms with E-state index in [0.717, 1.165) is 5.69 Å². The maximum absolute atomic E-state index is 12.4. The van der Waals surface area contributed by atoms with Crippen molar-refractivity contribution in [3.05, 3.63) is 29.8 Å². The second-order valence-electron chi connectivity index (χ2n) is 6.59. The van der Waals surface area contributed by atoms with Gasteiger partial charge >= 0.3 is 0 Å². The quantitative estimate of drug-likeness (QED) is 0.807. The van der Waals surface area contributed by atoms with Gasteiger partial charge in [-0.2, -0.15) is 4.31 Å². The second-order valence-corrected chi connectivity index (χ2v) is 8.68. The minimum Gasteiger partial charge on any atom is -0.378 e. The van der Waals surface area contributed by atoms with Crippen molar-refractivity contribution in [2.24, 2.45) is 0 Å². The number of rotatable bonds is 6. The van der Waals surface area contributed by atoms with Crippen LogP contribution in [-0.2, 0) is 14.8 Å². The summed E-state index contributed by atoms with van der Waals surface area (Å²) >= 11 is 0. The number of morpholine rings is 1. The molecule has 1 amide bonds. The molecule has 0 aromatic heterocycles. The molecule has 1 aliphatic heterocycles. The lowest BCUT2D eigenvalue weighted by atomic mass is 10.2. The molecule has 140 valence electrons. The number of hydrogen-bond acceptors (Lipinski definition) is 5. The molecule has 1 N–H and O–H groups in total. The van der Waals surface area contributed by atoms with Crippen molar-refractivity contribution in [3.63, 3.8) is 0 Å². The largest absolute Gasteiger partial charge is 0.378 e. The summed E-state index contributed by atoms with van der Waals surface area (Å²) in [6.45, 7) is 4.50. The third-order valence-electron chi connectivity index (χ3n) is 4.07. The number of carbonyl (C=O) groups excluding carboxylic acids is 1. The van der Waals surface area contributed by atoms with Crippen LogP contribution >= 0.6 is 0 Å². The third kappa shape index (κ3) is 5.42. The Morgan fingerprint density at radius 1 is 1.20 bits per heavy atom. The summed E-state index contributed by atoms with van der Waals surface area (Å²) in [6, 6.07) is 7.15. The molecule has 1 fully saturated rings. The van der Waals surface area contributed by atoms with E-state index in [1.165, 1.54) is 4.31 Å². The van der Waals surface area contributed by atoms with Crippen LogP contribution in [0.25, 0.3) is 0 Å². The number of amides is 1. The van der Waals surface area contributed by atoms with Crippen LogP contribution in [0.3, 0.4) is 0 Å². The van der Waals surface area contributed by atoms with Gasteiger partial charge in [-0.3, -0.25) is 4.79 Å². The van der Waals surface area contributed by atoms with Crippen LogP contribution in [-0.4, -0.2) is 70.3 Å². The van der Waals surface area contributed by atoms with E-state index >= 15 is 0 Å². The van der Waals surface area contributed by atoms with E-state index in [-0.39, 0.29) is 30.4 Å². The van der Waals surface area contributed by atoms with Crippen molar-refractivity contribution in [2.45, 2.75) is 26.1 Å². The van der Waals surface area contributed by atoms with Crippen molar-refractivity contribution in [3.8, 4) is 0 Å². The van der Waals surface area contributed by atoms with Gasteiger partial charge in [0.25, 0.3) is 5.91 Å². The highest BCUT2D eigenvalue weighted by molar-refractivity contribution is 7.89. The number of anilines is 1. The minimum atomic E-state index is -3.41. The fourth-order valence-corrected chi connectivity index (χ4v) is 4.29. The molecule has 0 bridgehead atoms. The first-order chi connectivity index (χ1) is 11.7. The summed E-state index contributed by atoms with van der Waals surface area (Å²) in [5, 5.41) is 2.68. The van der Waals surface area contributed by atoms with Gasteiger partial charge in [0, 0.05) is 45.0 Å². The molecule has 1 saturated heterocycles. The van der Waals surface area contributed by atoms with Crippen LogP contribution in [0.5, 0.6) is 0 Å². The van der Waals surface area contributed by atoms with E-state index in [9.17, 15) is 13.2 Å². The van der Waals surface area contributed by atoms with Gasteiger partial charge < -0.3 is 15.0 Å². The van der Waals surface area contributed by atoms with Crippen molar-refractivity contribution < 1.29 is 17.9 Å². The molecule has 1 aliphatic rings. The van der Waals surface area contributed by atoms with E-state index in [1.54, 1.807) is 12.1 Å². The van der Waals surface area contributed by atoms with Crippen LogP contribution < -0.4 is 10.2 Å². The molecule has 25 heavy (non-hydrogen) atoms. The van der Waals surface area contributed by atoms with Gasteiger partial charge in [0.1, 0.15) is 0 Å². The van der Waals surface area contributed by atoms with Gasteiger partial charge in [-0.15, -0.1) is 0 Å². The molecule has 1 heterocycles. The Hall–Kier alpha value is -1.64. The summed E-state index contributed by atoms with van der Waals surface area (Å²) < 4.78 is 31.9. The SMILES string of the molecule is CC1CN(S(=O)(=O)CCNC(=O)c2ccc(N(C)C)cc2)CC(C)O1. The van der Waals surface area contributed by atoms with Crippen molar-refractivity contribution in [2.75, 3.05) is 44.4 Å². The fourth-order valence-electron chi connectivity index (χ4n) is 2.79. The standard InChI is InChI=1S/C17H27N3O4S/c1-13-11-20(12-14(2)24-13)25(22,23)10-9-18-17(21)15-5-7-16(8-6-15)19(3)4/h5-8,13-14H,9-12H2,1-4H3,(H,18,21). The third-order valence-corrected chi connectivity index (χ3v) is 5.88. The molecule has 1 aromatic rings. The topological polar surface area (TPSA) is 79.0 Å². The van der Waals surface area contributed by atoms with Gasteiger partial charge in [0.15, 0.2) is 0 Å². The van der Waals surface area contributed by atoms with Crippen LogP contribution in [0.1, 0.15) is 24.2 Å². The second kappa shape index (κ2) is 8.16. The first kappa shape index (κ1) is 19.7. The lowest BCUT2D eigenvalue weighted by molar-refractivity contribution is -0.0440. The highest BCUT2D eigenvalue weighted by Crippen LogP contribution is 2.15. The smallest absolute Gasteiger partial charge is 0.251 e. The van der Waals surface area contributed by atoms with Gasteiger partial charge in [-0.25, -0.2) is 8.42 Å². The molecule has 0 saturated carbocycles. The summed E-state index contributed by atoms with van der Waals surface area (Å²) in [5.41, 5.74) is 1.51. The lowest BCUT2D eigenvalue weighted by Gasteiger charge is -2.34. The molecule has 1 aromatic carbocycles. The van der Waals surface area contributed by atoms with Gasteiger partial charge in [-0.1, -0.05) is 0 Å². The van der Waals surface area contributed by atoms with Crippen LogP contribution in [0.4, 0.5) is 5.69 Å². The molecular weight excluding hydrogens is 342 g/mol. The number of nitrogens with one attached hydrogen (secondary N) is 1. The zero-order chi connectivity index (χ0) is 18.6. The zero-order valence-corrected chi connectivity index (χ0v) is 16.0. The predicted octanol–water partition coefficient (Wildman–Crippen LogP) is 0.921. The summed E-state index contributed by atoms with van der Waals surface area (Å²) in [5.74, 6) is -0.391. The zero-order valence-electron chi connectivity index (χ0n) is 15.2. The van der Waals surface area contributed by atoms with Gasteiger partial charge in [0.05, 0.1) is 18.0 Å². The Kier molecular flexibility index (Phi) is 6.42. The monoisotopic (exact) mass is 369 g/mol. The highest BCUT2D eigenvalue weighted by atomic mass is 32.2. The number of sulfonamides is 1. The Bertz CT molecular complexity index is 678. The maximum atomic E-state index is 12.4. The van der Waals surface area contributed by atoms with E-state index in [1.807, 2.05) is 45.0 Å². The molecule has 0 aliphatic carbocycles. The normalized spacial score (nSPS) is 21.8. The Labute approximate surface area is 150 Å². The number of carbonyl (C=O) groups is 1. The van der Waals surface area contributed by atoms with Gasteiger partial charge in [-0.05, 0) is 38.1 Å². The molecule has 2 atom stereocenters. The van der Waals surface area contributed by atoms with Crippen LogP contribution in [0, 0.1) is 0 Å². The minimum absolute atomic E-state index is 0.0801. The van der Waals surface area contributed by atoms with E-state index in [2.05, 4.69) is 5.32 Å². The number of nitrogens with zero attached hydrogens (tertiary/aromatic N) is 2. The van der Waals surface area contributed by atoms with Gasteiger partial charge in [0.2, 0.25) is 10.0 Å². The summed E-state index contributed by atoms with van der Waals surface area (Å²) in [6.07, 6.45) is -0.244. The Morgan fingerprint density at radius 3 is 2.28 bits per heavy atom. The summed E-state index contributed by atoms with van der Waals surface area (Å²) in [7, 11) is 0.435. The van der Waals surface area contributed by atoms with Crippen LogP contribution in [0.2, 0.25) is 0 Å². The average molecular weight is 369 g/mol. The van der Waals surface area contributed by atoms with E-state index < -0.39 is 10.0 Å². The van der Waals surface area contributed by atoms with Crippen molar-refractivity contribution in [1.29, 1.82) is 0 Å². The van der Waals surface area contributed by atoms with Crippen LogP contribution in [0.15, 0.2) is 24.3 Å². The lowest BCUT2D eigenvalue weighted by Crippen LogP contribution is -2.49.